The van der Waals surface area contributed by atoms with Crippen LogP contribution in [-0.2, 0) is 11.3 Å². The quantitative estimate of drug-likeness (QED) is 0.722. The van der Waals surface area contributed by atoms with Crippen LogP contribution in [0.5, 0.6) is 0 Å². The molecule has 0 saturated heterocycles. The van der Waals surface area contributed by atoms with Gasteiger partial charge in [-0.15, -0.1) is 0 Å². The van der Waals surface area contributed by atoms with E-state index in [4.69, 9.17) is 9.84 Å². The highest BCUT2D eigenvalue weighted by atomic mass is 16.5. The molecule has 4 nitrogen and oxygen atoms in total. The SMILES string of the molecule is CCC[C@H](C)c1c(-c2ccccc2)ncn1CCOCCO. The summed E-state index contributed by atoms with van der Waals surface area (Å²) in [6.07, 6.45) is 4.21. The number of hydrogen-bond acceptors (Lipinski definition) is 3. The summed E-state index contributed by atoms with van der Waals surface area (Å²) in [5.74, 6) is 0.459. The van der Waals surface area contributed by atoms with Crippen molar-refractivity contribution in [2.75, 3.05) is 19.8 Å². The molecule has 2 aromatic rings. The Balaban J connectivity index is 2.24. The van der Waals surface area contributed by atoms with Crippen LogP contribution < -0.4 is 0 Å². The van der Waals surface area contributed by atoms with E-state index in [1.165, 1.54) is 5.69 Å². The lowest BCUT2D eigenvalue weighted by Gasteiger charge is -2.16. The van der Waals surface area contributed by atoms with Gasteiger partial charge in [0.1, 0.15) is 0 Å². The van der Waals surface area contributed by atoms with E-state index in [1.54, 1.807) is 0 Å². The second-order valence-electron chi connectivity index (χ2n) is 5.56. The Morgan fingerprint density at radius 1 is 1.23 bits per heavy atom. The molecule has 0 spiro atoms. The van der Waals surface area contributed by atoms with Crippen molar-refractivity contribution in [1.82, 2.24) is 9.55 Å². The first-order valence-electron chi connectivity index (χ1n) is 8.07. The topological polar surface area (TPSA) is 47.3 Å². The molecular weight excluding hydrogens is 276 g/mol. The summed E-state index contributed by atoms with van der Waals surface area (Å²) < 4.78 is 7.59. The van der Waals surface area contributed by atoms with E-state index in [1.807, 2.05) is 24.5 Å². The van der Waals surface area contributed by atoms with Crippen molar-refractivity contribution in [2.24, 2.45) is 0 Å². The number of rotatable bonds is 9. The third kappa shape index (κ3) is 4.18. The average molecular weight is 302 g/mol. The number of nitrogens with zero attached hydrogens (tertiary/aromatic N) is 2. The lowest BCUT2D eigenvalue weighted by atomic mass is 9.97. The van der Waals surface area contributed by atoms with Gasteiger partial charge in [-0.2, -0.15) is 0 Å². The second kappa shape index (κ2) is 8.71. The highest BCUT2D eigenvalue weighted by Crippen LogP contribution is 2.30. The summed E-state index contributed by atoms with van der Waals surface area (Å²) in [7, 11) is 0. The summed E-state index contributed by atoms with van der Waals surface area (Å²) in [5, 5.41) is 8.78. The number of imidazole rings is 1. The van der Waals surface area contributed by atoms with Crippen LogP contribution in [0, 0.1) is 0 Å². The molecule has 1 N–H and O–H groups in total. The maximum absolute atomic E-state index is 8.78. The van der Waals surface area contributed by atoms with Crippen molar-refractivity contribution in [1.29, 1.82) is 0 Å². The predicted octanol–water partition coefficient (Wildman–Crippen LogP) is 3.46. The molecule has 0 aliphatic carbocycles. The van der Waals surface area contributed by atoms with E-state index in [2.05, 4.69) is 35.5 Å². The Bertz CT molecular complexity index is 551. The monoisotopic (exact) mass is 302 g/mol. The van der Waals surface area contributed by atoms with Crippen molar-refractivity contribution in [2.45, 2.75) is 39.2 Å². The Morgan fingerprint density at radius 2 is 2.00 bits per heavy atom. The minimum atomic E-state index is 0.0677. The van der Waals surface area contributed by atoms with Gasteiger partial charge in [-0.1, -0.05) is 50.6 Å². The first-order chi connectivity index (χ1) is 10.8. The molecule has 120 valence electrons. The fraction of sp³-hybridized carbons (Fsp3) is 0.500. The van der Waals surface area contributed by atoms with Crippen molar-refractivity contribution in [3.8, 4) is 11.3 Å². The minimum Gasteiger partial charge on any atom is -0.394 e. The molecule has 1 aromatic heterocycles. The maximum Gasteiger partial charge on any atom is 0.0956 e. The molecule has 0 aliphatic heterocycles. The van der Waals surface area contributed by atoms with E-state index in [0.717, 1.165) is 30.6 Å². The normalized spacial score (nSPS) is 12.5. The first kappa shape index (κ1) is 16.7. The lowest BCUT2D eigenvalue weighted by Crippen LogP contribution is -2.12. The van der Waals surface area contributed by atoms with Crippen molar-refractivity contribution in [3.05, 3.63) is 42.4 Å². The number of aromatic nitrogens is 2. The molecule has 1 heterocycles. The van der Waals surface area contributed by atoms with Crippen LogP contribution in [0.1, 0.15) is 38.3 Å². The van der Waals surface area contributed by atoms with E-state index >= 15 is 0 Å². The third-order valence-electron chi connectivity index (χ3n) is 3.83. The van der Waals surface area contributed by atoms with Gasteiger partial charge >= 0.3 is 0 Å². The Morgan fingerprint density at radius 3 is 2.68 bits per heavy atom. The Hall–Kier alpha value is -1.65. The number of aliphatic hydroxyl groups is 1. The van der Waals surface area contributed by atoms with Gasteiger partial charge in [0.2, 0.25) is 0 Å². The van der Waals surface area contributed by atoms with Crippen LogP contribution >= 0.6 is 0 Å². The molecule has 0 unspecified atom stereocenters. The lowest BCUT2D eigenvalue weighted by molar-refractivity contribution is 0.0865. The molecule has 0 saturated carbocycles. The highest BCUT2D eigenvalue weighted by molar-refractivity contribution is 5.62. The molecule has 0 fully saturated rings. The second-order valence-corrected chi connectivity index (χ2v) is 5.56. The molecule has 22 heavy (non-hydrogen) atoms. The minimum absolute atomic E-state index is 0.0677. The number of ether oxygens (including phenoxy) is 1. The van der Waals surface area contributed by atoms with Crippen molar-refractivity contribution in [3.63, 3.8) is 0 Å². The summed E-state index contributed by atoms with van der Waals surface area (Å²) in [6.45, 7) is 6.29. The highest BCUT2D eigenvalue weighted by Gasteiger charge is 2.18. The summed E-state index contributed by atoms with van der Waals surface area (Å²) in [6, 6.07) is 10.3. The van der Waals surface area contributed by atoms with Crippen LogP contribution in [-0.4, -0.2) is 34.5 Å². The van der Waals surface area contributed by atoms with Crippen LogP contribution in [0.3, 0.4) is 0 Å². The molecule has 0 radical (unpaired) electrons. The Labute approximate surface area is 132 Å². The molecule has 0 amide bonds. The Kier molecular flexibility index (Phi) is 6.62. The summed E-state index contributed by atoms with van der Waals surface area (Å²) in [5.41, 5.74) is 3.51. The van der Waals surface area contributed by atoms with Crippen molar-refractivity contribution >= 4 is 0 Å². The molecular formula is C18H26N2O2. The van der Waals surface area contributed by atoms with Gasteiger partial charge in [0.25, 0.3) is 0 Å². The van der Waals surface area contributed by atoms with Gasteiger partial charge in [-0.25, -0.2) is 4.98 Å². The molecule has 2 rings (SSSR count). The van der Waals surface area contributed by atoms with Gasteiger partial charge in [0.05, 0.1) is 31.8 Å². The molecule has 0 bridgehead atoms. The van der Waals surface area contributed by atoms with E-state index in [9.17, 15) is 0 Å². The van der Waals surface area contributed by atoms with Gasteiger partial charge < -0.3 is 14.4 Å². The summed E-state index contributed by atoms with van der Waals surface area (Å²) in [4.78, 5) is 4.65. The zero-order valence-electron chi connectivity index (χ0n) is 13.5. The molecule has 1 atom stereocenters. The van der Waals surface area contributed by atoms with Gasteiger partial charge in [0, 0.05) is 17.8 Å². The zero-order chi connectivity index (χ0) is 15.8. The van der Waals surface area contributed by atoms with Gasteiger partial charge in [0.15, 0.2) is 0 Å². The predicted molar refractivity (Wildman–Crippen MR) is 88.9 cm³/mol. The fourth-order valence-electron chi connectivity index (χ4n) is 2.80. The van der Waals surface area contributed by atoms with Crippen molar-refractivity contribution < 1.29 is 9.84 Å². The number of aliphatic hydroxyl groups excluding tert-OH is 1. The van der Waals surface area contributed by atoms with Crippen LogP contribution in [0.15, 0.2) is 36.7 Å². The maximum atomic E-state index is 8.78. The van der Waals surface area contributed by atoms with Crippen LogP contribution in [0.25, 0.3) is 11.3 Å². The first-order valence-corrected chi connectivity index (χ1v) is 8.07. The van der Waals surface area contributed by atoms with Gasteiger partial charge in [-0.3, -0.25) is 0 Å². The third-order valence-corrected chi connectivity index (χ3v) is 3.83. The van der Waals surface area contributed by atoms with Crippen LogP contribution in [0.4, 0.5) is 0 Å². The van der Waals surface area contributed by atoms with Gasteiger partial charge in [-0.05, 0) is 12.3 Å². The molecule has 4 heteroatoms. The standard InChI is InChI=1S/C18H26N2O2/c1-3-7-15(2)18-17(16-8-5-4-6-9-16)19-14-20(18)10-12-22-13-11-21/h4-6,8-9,14-15,21H,3,7,10-13H2,1-2H3/t15-/m0/s1. The van der Waals surface area contributed by atoms with E-state index < -0.39 is 0 Å². The van der Waals surface area contributed by atoms with E-state index in [0.29, 0.717) is 19.1 Å². The smallest absolute Gasteiger partial charge is 0.0956 e. The molecule has 0 aliphatic rings. The van der Waals surface area contributed by atoms with Crippen LogP contribution in [0.2, 0.25) is 0 Å². The number of hydrogen-bond donors (Lipinski definition) is 1. The largest absolute Gasteiger partial charge is 0.394 e. The average Bonchev–Trinajstić information content (AvgIpc) is 2.96. The van der Waals surface area contributed by atoms with E-state index in [-0.39, 0.29) is 6.61 Å². The summed E-state index contributed by atoms with van der Waals surface area (Å²) >= 11 is 0. The number of benzene rings is 1. The molecule has 1 aromatic carbocycles. The fourth-order valence-corrected chi connectivity index (χ4v) is 2.80. The zero-order valence-corrected chi connectivity index (χ0v) is 13.5.